The summed E-state index contributed by atoms with van der Waals surface area (Å²) >= 11 is 6.27. The van der Waals surface area contributed by atoms with Gasteiger partial charge in [0.15, 0.2) is 0 Å². The Morgan fingerprint density at radius 2 is 1.57 bits per heavy atom. The van der Waals surface area contributed by atoms with E-state index in [1.807, 2.05) is 0 Å². The highest BCUT2D eigenvalue weighted by Crippen LogP contribution is 2.37. The number of halogens is 1. The van der Waals surface area contributed by atoms with Gasteiger partial charge in [-0.1, -0.05) is 17.7 Å². The lowest BCUT2D eigenvalue weighted by molar-refractivity contribution is -0.120. The highest BCUT2D eigenvalue weighted by molar-refractivity contribution is 6.53. The molecule has 0 aliphatic carbocycles. The summed E-state index contributed by atoms with van der Waals surface area (Å²) in [5.74, 6) is -1.58. The van der Waals surface area contributed by atoms with Crippen molar-refractivity contribution in [2.24, 2.45) is 0 Å². The van der Waals surface area contributed by atoms with Crippen LogP contribution in [0, 0.1) is 0 Å². The number of hydrogen-bond donors (Lipinski definition) is 2. The summed E-state index contributed by atoms with van der Waals surface area (Å²) in [5.41, 5.74) is 1.51. The van der Waals surface area contributed by atoms with Gasteiger partial charge in [0.05, 0.1) is 31.6 Å². The van der Waals surface area contributed by atoms with Crippen molar-refractivity contribution in [1.82, 2.24) is 0 Å². The number of nitrogens with zero attached hydrogens (tertiary/aromatic N) is 1. The molecule has 0 saturated carbocycles. The second kappa shape index (κ2) is 11.9. The number of carbonyl (C=O) groups is 4. The predicted molar refractivity (Wildman–Crippen MR) is 150 cm³/mol. The molecule has 206 valence electrons. The van der Waals surface area contributed by atoms with Crippen LogP contribution in [0.15, 0.2) is 77.5 Å². The van der Waals surface area contributed by atoms with Crippen LogP contribution in [0.3, 0.4) is 0 Å². The number of esters is 1. The fourth-order valence-corrected chi connectivity index (χ4v) is 4.07. The van der Waals surface area contributed by atoms with Crippen molar-refractivity contribution in [2.45, 2.75) is 20.0 Å². The van der Waals surface area contributed by atoms with Crippen LogP contribution in [-0.4, -0.2) is 44.0 Å². The summed E-state index contributed by atoms with van der Waals surface area (Å²) in [7, 11) is 2.89. The van der Waals surface area contributed by atoms with Crippen LogP contribution in [-0.2, 0) is 14.3 Å². The number of nitrogens with one attached hydrogen (secondary N) is 2. The van der Waals surface area contributed by atoms with E-state index in [1.165, 1.54) is 26.4 Å². The van der Waals surface area contributed by atoms with Gasteiger partial charge in [-0.2, -0.15) is 0 Å². The van der Waals surface area contributed by atoms with E-state index in [9.17, 15) is 19.2 Å². The molecular formula is C29H26ClN3O7. The monoisotopic (exact) mass is 563 g/mol. The van der Waals surface area contributed by atoms with E-state index in [4.69, 9.17) is 25.8 Å². The third-order valence-corrected chi connectivity index (χ3v) is 6.12. The third kappa shape index (κ3) is 5.92. The van der Waals surface area contributed by atoms with Crippen LogP contribution >= 0.6 is 11.6 Å². The normalized spacial score (nSPS) is 13.0. The molecule has 40 heavy (non-hydrogen) atoms. The highest BCUT2D eigenvalue weighted by Gasteiger charge is 2.40. The standard InChI is InChI=1S/C29H26ClN3O7/c1-16(2)40-29(37)17-8-10-19(11-9-17)32-26(34)18-6-5-7-20(14-18)31-25-24(30)27(35)33(28(25)36)22-13-12-21(38-3)15-23(22)39-4/h5-16,31H,1-4H3,(H,32,34). The lowest BCUT2D eigenvalue weighted by atomic mass is 10.1. The van der Waals surface area contributed by atoms with Gasteiger partial charge < -0.3 is 24.8 Å². The van der Waals surface area contributed by atoms with Crippen LogP contribution in [0.5, 0.6) is 11.5 Å². The Morgan fingerprint density at radius 1 is 0.850 bits per heavy atom. The first-order chi connectivity index (χ1) is 19.1. The second-order valence-electron chi connectivity index (χ2n) is 8.86. The van der Waals surface area contributed by atoms with Crippen molar-refractivity contribution in [3.63, 3.8) is 0 Å². The molecule has 4 rings (SSSR count). The van der Waals surface area contributed by atoms with E-state index < -0.39 is 23.7 Å². The Balaban J connectivity index is 1.49. The first kappa shape index (κ1) is 28.2. The van der Waals surface area contributed by atoms with Crippen molar-refractivity contribution in [3.05, 3.63) is 88.6 Å². The van der Waals surface area contributed by atoms with E-state index in [1.54, 1.807) is 68.4 Å². The third-order valence-electron chi connectivity index (χ3n) is 5.77. The number of amides is 3. The topological polar surface area (TPSA) is 123 Å². The molecule has 0 radical (unpaired) electrons. The maximum Gasteiger partial charge on any atom is 0.338 e. The van der Waals surface area contributed by atoms with Crippen molar-refractivity contribution < 1.29 is 33.4 Å². The molecule has 1 aliphatic heterocycles. The molecule has 0 fully saturated rings. The van der Waals surface area contributed by atoms with Crippen LogP contribution in [0.2, 0.25) is 0 Å². The number of benzene rings is 3. The highest BCUT2D eigenvalue weighted by atomic mass is 35.5. The van der Waals surface area contributed by atoms with Gasteiger partial charge in [-0.05, 0) is 68.4 Å². The number of imide groups is 1. The zero-order valence-electron chi connectivity index (χ0n) is 22.1. The minimum atomic E-state index is -0.729. The van der Waals surface area contributed by atoms with E-state index in [0.29, 0.717) is 22.7 Å². The zero-order valence-corrected chi connectivity index (χ0v) is 22.9. The SMILES string of the molecule is COc1ccc(N2C(=O)C(Cl)=C(Nc3cccc(C(=O)Nc4ccc(C(=O)OC(C)C)cc4)c3)C2=O)c(OC)c1. The smallest absolute Gasteiger partial charge is 0.338 e. The van der Waals surface area contributed by atoms with E-state index in [2.05, 4.69) is 10.6 Å². The van der Waals surface area contributed by atoms with Gasteiger partial charge in [0.2, 0.25) is 0 Å². The van der Waals surface area contributed by atoms with Crippen molar-refractivity contribution in [3.8, 4) is 11.5 Å². The first-order valence-corrected chi connectivity index (χ1v) is 12.5. The number of ether oxygens (including phenoxy) is 3. The summed E-state index contributed by atoms with van der Waals surface area (Å²) in [6.45, 7) is 3.52. The number of methoxy groups -OCH3 is 2. The summed E-state index contributed by atoms with van der Waals surface area (Å²) in [5, 5.41) is 5.30. The Labute approximate surface area is 235 Å². The average Bonchev–Trinajstić information content (AvgIpc) is 3.15. The summed E-state index contributed by atoms with van der Waals surface area (Å²) in [6.07, 6.45) is -0.246. The van der Waals surface area contributed by atoms with Gasteiger partial charge >= 0.3 is 5.97 Å². The van der Waals surface area contributed by atoms with Crippen LogP contribution < -0.4 is 25.0 Å². The molecule has 1 heterocycles. The molecule has 1 aliphatic rings. The maximum absolute atomic E-state index is 13.2. The number of carbonyl (C=O) groups excluding carboxylic acids is 4. The van der Waals surface area contributed by atoms with Gasteiger partial charge in [0.25, 0.3) is 17.7 Å². The molecule has 0 unspecified atom stereocenters. The summed E-state index contributed by atoms with van der Waals surface area (Å²) < 4.78 is 15.7. The zero-order chi connectivity index (χ0) is 29.0. The van der Waals surface area contributed by atoms with Gasteiger partial charge in [0.1, 0.15) is 22.2 Å². The molecule has 3 amide bonds. The first-order valence-electron chi connectivity index (χ1n) is 12.1. The van der Waals surface area contributed by atoms with Gasteiger partial charge in [-0.3, -0.25) is 14.4 Å². The minimum absolute atomic E-state index is 0.147. The summed E-state index contributed by atoms with van der Waals surface area (Å²) in [6, 6.07) is 17.3. The summed E-state index contributed by atoms with van der Waals surface area (Å²) in [4.78, 5) is 52.0. The molecule has 3 aromatic rings. The maximum atomic E-state index is 13.2. The second-order valence-corrected chi connectivity index (χ2v) is 9.24. The molecule has 11 heteroatoms. The number of rotatable bonds is 9. The minimum Gasteiger partial charge on any atom is -0.497 e. The van der Waals surface area contributed by atoms with Gasteiger partial charge in [0, 0.05) is 23.0 Å². The van der Waals surface area contributed by atoms with Crippen molar-refractivity contribution in [2.75, 3.05) is 29.8 Å². The molecule has 0 spiro atoms. The Morgan fingerprint density at radius 3 is 2.23 bits per heavy atom. The van der Waals surface area contributed by atoms with Crippen molar-refractivity contribution in [1.29, 1.82) is 0 Å². The molecular weight excluding hydrogens is 538 g/mol. The predicted octanol–water partition coefficient (Wildman–Crippen LogP) is 4.96. The quantitative estimate of drug-likeness (QED) is 0.277. The average molecular weight is 564 g/mol. The van der Waals surface area contributed by atoms with E-state index in [0.717, 1.165) is 4.90 Å². The molecule has 3 aromatic carbocycles. The Bertz CT molecular complexity index is 1520. The molecule has 0 saturated heterocycles. The van der Waals surface area contributed by atoms with Crippen molar-refractivity contribution >= 4 is 52.4 Å². The fraction of sp³-hybridized carbons (Fsp3) is 0.172. The lowest BCUT2D eigenvalue weighted by Gasteiger charge is -2.18. The largest absolute Gasteiger partial charge is 0.497 e. The van der Waals surface area contributed by atoms with Crippen LogP contribution in [0.25, 0.3) is 0 Å². The molecule has 0 atom stereocenters. The van der Waals surface area contributed by atoms with Crippen LogP contribution in [0.1, 0.15) is 34.6 Å². The van der Waals surface area contributed by atoms with E-state index in [-0.39, 0.29) is 33.8 Å². The number of anilines is 3. The molecule has 10 nitrogen and oxygen atoms in total. The lowest BCUT2D eigenvalue weighted by Crippen LogP contribution is -2.32. The Kier molecular flexibility index (Phi) is 8.40. The van der Waals surface area contributed by atoms with Crippen LogP contribution in [0.4, 0.5) is 17.1 Å². The van der Waals surface area contributed by atoms with Gasteiger partial charge in [-0.25, -0.2) is 9.69 Å². The molecule has 0 bridgehead atoms. The van der Waals surface area contributed by atoms with Gasteiger partial charge in [-0.15, -0.1) is 0 Å². The molecule has 0 aromatic heterocycles. The Hall–Kier alpha value is -4.83. The fourth-order valence-electron chi connectivity index (χ4n) is 3.86. The molecule has 2 N–H and O–H groups in total. The van der Waals surface area contributed by atoms with E-state index >= 15 is 0 Å². The number of hydrogen-bond acceptors (Lipinski definition) is 8.